The van der Waals surface area contributed by atoms with Gasteiger partial charge < -0.3 is 10.1 Å². The molecule has 3 aromatic rings. The molecule has 1 N–H and O–H groups in total. The molecule has 0 bridgehead atoms. The minimum Gasteiger partial charge on any atom is -0.452 e. The van der Waals surface area contributed by atoms with Crippen molar-refractivity contribution >= 4 is 29.2 Å². The van der Waals surface area contributed by atoms with Gasteiger partial charge in [0.2, 0.25) is 0 Å². The van der Waals surface area contributed by atoms with Crippen LogP contribution < -0.4 is 5.32 Å². The van der Waals surface area contributed by atoms with Crippen LogP contribution in [-0.4, -0.2) is 18.5 Å². The summed E-state index contributed by atoms with van der Waals surface area (Å²) in [5, 5.41) is 2.14. The van der Waals surface area contributed by atoms with Crippen molar-refractivity contribution in [3.63, 3.8) is 0 Å². The molecule has 0 atom stereocenters. The number of carbonyl (C=O) groups is 2. The smallest absolute Gasteiger partial charge is 0.416 e. The summed E-state index contributed by atoms with van der Waals surface area (Å²) < 4.78 is 43.3. The fourth-order valence-electron chi connectivity index (χ4n) is 2.63. The van der Waals surface area contributed by atoms with Gasteiger partial charge in [0, 0.05) is 0 Å². The largest absolute Gasteiger partial charge is 0.452 e. The van der Waals surface area contributed by atoms with Gasteiger partial charge in [-0.1, -0.05) is 54.1 Å². The molecule has 0 spiro atoms. The van der Waals surface area contributed by atoms with E-state index >= 15 is 0 Å². The SMILES string of the molecule is O=C(COC(=O)c1ccc(-c2ccccc2)cc1)Nc1cc(C(F)(F)F)ccc1Cl. The highest BCUT2D eigenvalue weighted by Crippen LogP contribution is 2.33. The van der Waals surface area contributed by atoms with Crippen LogP contribution in [-0.2, 0) is 15.7 Å². The first-order valence-electron chi connectivity index (χ1n) is 8.73. The number of alkyl halides is 3. The number of esters is 1. The van der Waals surface area contributed by atoms with Crippen molar-refractivity contribution in [2.75, 3.05) is 11.9 Å². The summed E-state index contributed by atoms with van der Waals surface area (Å²) in [4.78, 5) is 24.1. The van der Waals surface area contributed by atoms with Crippen LogP contribution in [0.4, 0.5) is 18.9 Å². The van der Waals surface area contributed by atoms with Gasteiger partial charge in [0.1, 0.15) is 0 Å². The third-order valence-electron chi connectivity index (χ3n) is 4.13. The first-order valence-corrected chi connectivity index (χ1v) is 9.11. The number of hydrogen-bond donors (Lipinski definition) is 1. The summed E-state index contributed by atoms with van der Waals surface area (Å²) in [6.07, 6.45) is -4.58. The molecule has 1 amide bonds. The van der Waals surface area contributed by atoms with Gasteiger partial charge in [-0.25, -0.2) is 4.79 Å². The number of nitrogens with one attached hydrogen (secondary N) is 1. The Morgan fingerprint density at radius 1 is 0.900 bits per heavy atom. The van der Waals surface area contributed by atoms with Crippen molar-refractivity contribution in [3.05, 3.63) is 88.9 Å². The number of hydrogen-bond acceptors (Lipinski definition) is 3. The van der Waals surface area contributed by atoms with E-state index < -0.39 is 30.2 Å². The summed E-state index contributed by atoms with van der Waals surface area (Å²) in [7, 11) is 0. The van der Waals surface area contributed by atoms with E-state index in [2.05, 4.69) is 5.32 Å². The van der Waals surface area contributed by atoms with E-state index in [-0.39, 0.29) is 16.3 Å². The third-order valence-corrected chi connectivity index (χ3v) is 4.46. The van der Waals surface area contributed by atoms with Crippen LogP contribution in [0.25, 0.3) is 11.1 Å². The Kier molecular flexibility index (Phi) is 6.42. The molecule has 0 aromatic heterocycles. The number of carbonyl (C=O) groups excluding carboxylic acids is 2. The number of ether oxygens (including phenoxy) is 1. The average molecular weight is 434 g/mol. The molecular weight excluding hydrogens is 419 g/mol. The Bertz CT molecular complexity index is 1050. The second-order valence-corrected chi connectivity index (χ2v) is 6.67. The van der Waals surface area contributed by atoms with Crippen molar-refractivity contribution in [3.8, 4) is 11.1 Å². The maximum atomic E-state index is 12.8. The summed E-state index contributed by atoms with van der Waals surface area (Å²) in [6.45, 7) is -0.675. The van der Waals surface area contributed by atoms with Gasteiger partial charge >= 0.3 is 12.1 Å². The molecule has 154 valence electrons. The number of amides is 1. The minimum absolute atomic E-state index is 0.0702. The van der Waals surface area contributed by atoms with Gasteiger partial charge in [-0.2, -0.15) is 13.2 Å². The topological polar surface area (TPSA) is 55.4 Å². The summed E-state index contributed by atoms with van der Waals surface area (Å²) in [5.41, 5.74) is 0.941. The first kappa shape index (κ1) is 21.4. The van der Waals surface area contributed by atoms with Gasteiger partial charge in [0.15, 0.2) is 6.61 Å². The van der Waals surface area contributed by atoms with E-state index in [1.807, 2.05) is 30.3 Å². The van der Waals surface area contributed by atoms with Gasteiger partial charge in [0.25, 0.3) is 5.91 Å². The van der Waals surface area contributed by atoms with Crippen LogP contribution in [0.5, 0.6) is 0 Å². The van der Waals surface area contributed by atoms with Crippen molar-refractivity contribution < 1.29 is 27.5 Å². The standard InChI is InChI=1S/C22H15ClF3NO3/c23-18-11-10-17(22(24,25)26)12-19(18)27-20(28)13-30-21(29)16-8-6-15(7-9-16)14-4-2-1-3-5-14/h1-12H,13H2,(H,27,28). The van der Waals surface area contributed by atoms with Crippen LogP contribution in [0.15, 0.2) is 72.8 Å². The second-order valence-electron chi connectivity index (χ2n) is 6.26. The molecule has 0 aliphatic carbocycles. The molecule has 30 heavy (non-hydrogen) atoms. The predicted molar refractivity (Wildman–Crippen MR) is 107 cm³/mol. The summed E-state index contributed by atoms with van der Waals surface area (Å²) >= 11 is 5.82. The number of rotatable bonds is 5. The Balaban J connectivity index is 1.59. The molecule has 8 heteroatoms. The predicted octanol–water partition coefficient (Wildman–Crippen LogP) is 5.82. The van der Waals surface area contributed by atoms with Crippen LogP contribution in [0, 0.1) is 0 Å². The van der Waals surface area contributed by atoms with Crippen molar-refractivity contribution in [2.24, 2.45) is 0 Å². The molecule has 0 unspecified atom stereocenters. The highest BCUT2D eigenvalue weighted by molar-refractivity contribution is 6.33. The Labute approximate surface area is 175 Å². The second kappa shape index (κ2) is 9.00. The highest BCUT2D eigenvalue weighted by Gasteiger charge is 2.31. The zero-order valence-electron chi connectivity index (χ0n) is 15.4. The summed E-state index contributed by atoms with van der Waals surface area (Å²) in [5.74, 6) is -1.55. The van der Waals surface area contributed by atoms with Crippen LogP contribution in [0.3, 0.4) is 0 Å². The highest BCUT2D eigenvalue weighted by atomic mass is 35.5. The van der Waals surface area contributed by atoms with E-state index in [9.17, 15) is 22.8 Å². The molecule has 0 radical (unpaired) electrons. The molecule has 0 fully saturated rings. The lowest BCUT2D eigenvalue weighted by molar-refractivity contribution is -0.137. The molecule has 4 nitrogen and oxygen atoms in total. The number of benzene rings is 3. The van der Waals surface area contributed by atoms with Crippen molar-refractivity contribution in [1.29, 1.82) is 0 Å². The van der Waals surface area contributed by atoms with Crippen LogP contribution in [0.2, 0.25) is 5.02 Å². The maximum absolute atomic E-state index is 12.8. The van der Waals surface area contributed by atoms with E-state index in [0.29, 0.717) is 6.07 Å². The van der Waals surface area contributed by atoms with Crippen molar-refractivity contribution in [2.45, 2.75) is 6.18 Å². The molecule has 0 aliphatic heterocycles. The first-order chi connectivity index (χ1) is 14.2. The molecule has 0 saturated carbocycles. The van der Waals surface area contributed by atoms with Gasteiger partial charge in [-0.3, -0.25) is 4.79 Å². The molecule has 3 rings (SSSR count). The van der Waals surface area contributed by atoms with Gasteiger partial charge in [0.05, 0.1) is 21.8 Å². The average Bonchev–Trinajstić information content (AvgIpc) is 2.73. The Morgan fingerprint density at radius 2 is 1.53 bits per heavy atom. The van der Waals surface area contributed by atoms with E-state index in [1.54, 1.807) is 24.3 Å². The summed E-state index contributed by atoms with van der Waals surface area (Å²) in [6, 6.07) is 18.7. The zero-order valence-corrected chi connectivity index (χ0v) is 16.1. The van der Waals surface area contributed by atoms with E-state index in [4.69, 9.17) is 16.3 Å². The van der Waals surface area contributed by atoms with Gasteiger partial charge in [-0.15, -0.1) is 0 Å². The molecule has 3 aromatic carbocycles. The monoisotopic (exact) mass is 433 g/mol. The Hall–Kier alpha value is -3.32. The lowest BCUT2D eigenvalue weighted by Crippen LogP contribution is -2.21. The maximum Gasteiger partial charge on any atom is 0.416 e. The van der Waals surface area contributed by atoms with E-state index in [1.165, 1.54) is 0 Å². The van der Waals surface area contributed by atoms with Crippen molar-refractivity contribution in [1.82, 2.24) is 0 Å². The fourth-order valence-corrected chi connectivity index (χ4v) is 2.79. The third kappa shape index (κ3) is 5.39. The number of halogens is 4. The minimum atomic E-state index is -4.58. The molecule has 0 heterocycles. The van der Waals surface area contributed by atoms with Crippen LogP contribution in [0.1, 0.15) is 15.9 Å². The lowest BCUT2D eigenvalue weighted by atomic mass is 10.0. The number of anilines is 1. The Morgan fingerprint density at radius 3 is 2.17 bits per heavy atom. The molecular formula is C22H15ClF3NO3. The fraction of sp³-hybridized carbons (Fsp3) is 0.0909. The van der Waals surface area contributed by atoms with Crippen LogP contribution >= 0.6 is 11.6 Å². The molecule has 0 aliphatic rings. The quantitative estimate of drug-likeness (QED) is 0.516. The normalized spacial score (nSPS) is 11.1. The lowest BCUT2D eigenvalue weighted by Gasteiger charge is -2.12. The zero-order chi connectivity index (χ0) is 21.7. The van der Waals surface area contributed by atoms with E-state index in [0.717, 1.165) is 23.3 Å². The molecule has 0 saturated heterocycles. The van der Waals surface area contributed by atoms with Gasteiger partial charge in [-0.05, 0) is 41.5 Å².